The van der Waals surface area contributed by atoms with Crippen LogP contribution in [0.4, 0.5) is 0 Å². The van der Waals surface area contributed by atoms with Gasteiger partial charge < -0.3 is 14.8 Å². The van der Waals surface area contributed by atoms with Crippen LogP contribution in [0.2, 0.25) is 0 Å². The maximum Gasteiger partial charge on any atom is 0.0750 e. The molecule has 1 fully saturated rings. The Morgan fingerprint density at radius 3 is 2.92 bits per heavy atom. The number of nitrogens with one attached hydrogen (secondary N) is 1. The van der Waals surface area contributed by atoms with Crippen LogP contribution in [0.15, 0.2) is 0 Å². The van der Waals surface area contributed by atoms with Gasteiger partial charge in [-0.3, -0.25) is 0 Å². The van der Waals surface area contributed by atoms with E-state index in [4.69, 9.17) is 9.47 Å². The SMILES string of the molecule is CNC(COC)C1CCCCO1. The minimum absolute atomic E-state index is 0.351. The normalized spacial score (nSPS) is 27.0. The van der Waals surface area contributed by atoms with E-state index in [-0.39, 0.29) is 0 Å². The molecule has 12 heavy (non-hydrogen) atoms. The van der Waals surface area contributed by atoms with E-state index in [0.29, 0.717) is 12.1 Å². The highest BCUT2D eigenvalue weighted by molar-refractivity contribution is 4.77. The van der Waals surface area contributed by atoms with Gasteiger partial charge >= 0.3 is 0 Å². The molecule has 3 nitrogen and oxygen atoms in total. The Morgan fingerprint density at radius 2 is 2.42 bits per heavy atom. The predicted octanol–water partition coefficient (Wildman–Crippen LogP) is 0.790. The van der Waals surface area contributed by atoms with Gasteiger partial charge in [-0.05, 0) is 26.3 Å². The third-order valence-electron chi connectivity index (χ3n) is 2.38. The van der Waals surface area contributed by atoms with Crippen molar-refractivity contribution in [3.05, 3.63) is 0 Å². The predicted molar refractivity (Wildman–Crippen MR) is 48.3 cm³/mol. The van der Waals surface area contributed by atoms with Crippen LogP contribution in [0.1, 0.15) is 19.3 Å². The quantitative estimate of drug-likeness (QED) is 0.682. The van der Waals surface area contributed by atoms with Crippen LogP contribution in [-0.4, -0.2) is 39.5 Å². The van der Waals surface area contributed by atoms with Gasteiger partial charge in [-0.2, -0.15) is 0 Å². The van der Waals surface area contributed by atoms with E-state index in [0.717, 1.165) is 19.6 Å². The van der Waals surface area contributed by atoms with Crippen molar-refractivity contribution in [2.24, 2.45) is 0 Å². The number of likely N-dealkylation sites (N-methyl/N-ethyl adjacent to an activating group) is 1. The number of rotatable bonds is 4. The van der Waals surface area contributed by atoms with E-state index in [1.165, 1.54) is 12.8 Å². The van der Waals surface area contributed by atoms with Gasteiger partial charge in [0.25, 0.3) is 0 Å². The van der Waals surface area contributed by atoms with E-state index in [9.17, 15) is 0 Å². The molecule has 1 aliphatic heterocycles. The van der Waals surface area contributed by atoms with E-state index in [1.807, 2.05) is 7.05 Å². The van der Waals surface area contributed by atoms with Crippen molar-refractivity contribution < 1.29 is 9.47 Å². The Labute approximate surface area is 74.4 Å². The summed E-state index contributed by atoms with van der Waals surface area (Å²) in [6, 6.07) is 0.357. The molecule has 0 aromatic carbocycles. The highest BCUT2D eigenvalue weighted by atomic mass is 16.5. The fourth-order valence-electron chi connectivity index (χ4n) is 1.64. The molecule has 0 aromatic rings. The summed E-state index contributed by atoms with van der Waals surface area (Å²) >= 11 is 0. The van der Waals surface area contributed by atoms with Crippen molar-refractivity contribution in [1.82, 2.24) is 5.32 Å². The fourth-order valence-corrected chi connectivity index (χ4v) is 1.64. The van der Waals surface area contributed by atoms with E-state index in [1.54, 1.807) is 7.11 Å². The molecule has 0 aromatic heterocycles. The lowest BCUT2D eigenvalue weighted by molar-refractivity contribution is -0.0230. The first kappa shape index (κ1) is 9.96. The smallest absolute Gasteiger partial charge is 0.0750 e. The highest BCUT2D eigenvalue weighted by Crippen LogP contribution is 2.15. The van der Waals surface area contributed by atoms with Crippen molar-refractivity contribution in [2.75, 3.05) is 27.4 Å². The standard InChI is InChI=1S/C9H19NO2/c1-10-8(7-11-2)9-5-3-4-6-12-9/h8-10H,3-7H2,1-2H3. The van der Waals surface area contributed by atoms with Crippen molar-refractivity contribution in [2.45, 2.75) is 31.4 Å². The van der Waals surface area contributed by atoms with Crippen LogP contribution in [0.5, 0.6) is 0 Å². The van der Waals surface area contributed by atoms with Gasteiger partial charge in [0.05, 0.1) is 18.8 Å². The van der Waals surface area contributed by atoms with Gasteiger partial charge in [-0.15, -0.1) is 0 Å². The van der Waals surface area contributed by atoms with Crippen molar-refractivity contribution >= 4 is 0 Å². The van der Waals surface area contributed by atoms with Crippen molar-refractivity contribution in [3.8, 4) is 0 Å². The molecule has 72 valence electrons. The molecule has 2 atom stereocenters. The lowest BCUT2D eigenvalue weighted by Crippen LogP contribution is -2.44. The van der Waals surface area contributed by atoms with E-state index < -0.39 is 0 Å². The van der Waals surface area contributed by atoms with Crippen LogP contribution in [0.25, 0.3) is 0 Å². The molecule has 1 aliphatic rings. The zero-order valence-electron chi connectivity index (χ0n) is 8.01. The first-order chi connectivity index (χ1) is 5.88. The van der Waals surface area contributed by atoms with Gasteiger partial charge in [-0.25, -0.2) is 0 Å². The van der Waals surface area contributed by atoms with Gasteiger partial charge in [0.15, 0.2) is 0 Å². The second-order valence-electron chi connectivity index (χ2n) is 3.26. The van der Waals surface area contributed by atoms with Crippen LogP contribution in [-0.2, 0) is 9.47 Å². The molecule has 0 amide bonds. The Kier molecular flexibility index (Phi) is 4.58. The molecule has 1 saturated heterocycles. The molecule has 3 heteroatoms. The molecular formula is C9H19NO2. The van der Waals surface area contributed by atoms with E-state index in [2.05, 4.69) is 5.32 Å². The summed E-state index contributed by atoms with van der Waals surface area (Å²) in [5.74, 6) is 0. The summed E-state index contributed by atoms with van der Waals surface area (Å²) in [5.41, 5.74) is 0. The van der Waals surface area contributed by atoms with Crippen LogP contribution in [0.3, 0.4) is 0 Å². The summed E-state index contributed by atoms with van der Waals surface area (Å²) in [6.07, 6.45) is 4.00. The van der Waals surface area contributed by atoms with E-state index >= 15 is 0 Å². The lowest BCUT2D eigenvalue weighted by atomic mass is 10.0. The minimum atomic E-state index is 0.351. The largest absolute Gasteiger partial charge is 0.383 e. The Hall–Kier alpha value is -0.120. The Balaban J connectivity index is 2.29. The average Bonchev–Trinajstić information content (AvgIpc) is 2.15. The topological polar surface area (TPSA) is 30.5 Å². The molecule has 1 heterocycles. The van der Waals surface area contributed by atoms with Crippen molar-refractivity contribution in [1.29, 1.82) is 0 Å². The van der Waals surface area contributed by atoms with Crippen LogP contribution < -0.4 is 5.32 Å². The first-order valence-corrected chi connectivity index (χ1v) is 4.66. The van der Waals surface area contributed by atoms with Gasteiger partial charge in [0.2, 0.25) is 0 Å². The summed E-state index contributed by atoms with van der Waals surface area (Å²) in [7, 11) is 3.69. The summed E-state index contributed by atoms with van der Waals surface area (Å²) in [6.45, 7) is 1.65. The van der Waals surface area contributed by atoms with Gasteiger partial charge in [0, 0.05) is 13.7 Å². The zero-order chi connectivity index (χ0) is 8.81. The molecule has 0 saturated carbocycles. The van der Waals surface area contributed by atoms with Crippen LogP contribution >= 0.6 is 0 Å². The maximum absolute atomic E-state index is 5.64. The third kappa shape index (κ3) is 2.73. The first-order valence-electron chi connectivity index (χ1n) is 4.66. The molecule has 1 N–H and O–H groups in total. The fraction of sp³-hybridized carbons (Fsp3) is 1.00. The third-order valence-corrected chi connectivity index (χ3v) is 2.38. The van der Waals surface area contributed by atoms with Gasteiger partial charge in [-0.1, -0.05) is 0 Å². The average molecular weight is 173 g/mol. The monoisotopic (exact) mass is 173 g/mol. The maximum atomic E-state index is 5.64. The zero-order valence-corrected chi connectivity index (χ0v) is 8.01. The summed E-state index contributed by atoms with van der Waals surface area (Å²) in [4.78, 5) is 0. The Bertz CT molecular complexity index is 110. The molecule has 0 spiro atoms. The molecule has 0 radical (unpaired) electrons. The molecule has 0 aliphatic carbocycles. The Morgan fingerprint density at radius 1 is 1.58 bits per heavy atom. The second-order valence-corrected chi connectivity index (χ2v) is 3.26. The minimum Gasteiger partial charge on any atom is -0.383 e. The van der Waals surface area contributed by atoms with Gasteiger partial charge in [0.1, 0.15) is 0 Å². The lowest BCUT2D eigenvalue weighted by Gasteiger charge is -2.29. The number of hydrogen-bond donors (Lipinski definition) is 1. The summed E-state index contributed by atoms with van der Waals surface area (Å²) < 4.78 is 10.7. The number of hydrogen-bond acceptors (Lipinski definition) is 3. The number of ether oxygens (including phenoxy) is 2. The second kappa shape index (κ2) is 5.51. The highest BCUT2D eigenvalue weighted by Gasteiger charge is 2.22. The summed E-state index contributed by atoms with van der Waals surface area (Å²) in [5, 5.41) is 3.22. The molecule has 1 rings (SSSR count). The number of methoxy groups -OCH3 is 1. The van der Waals surface area contributed by atoms with Crippen molar-refractivity contribution in [3.63, 3.8) is 0 Å². The molecule has 0 bridgehead atoms. The molecular weight excluding hydrogens is 154 g/mol. The van der Waals surface area contributed by atoms with Crippen LogP contribution in [0, 0.1) is 0 Å². The molecule has 2 unspecified atom stereocenters.